The molecule has 18 heavy (non-hydrogen) atoms. The lowest BCUT2D eigenvalue weighted by Gasteiger charge is -2.30. The van der Waals surface area contributed by atoms with Crippen LogP contribution in [0.5, 0.6) is 0 Å². The topological polar surface area (TPSA) is 3.24 Å². The van der Waals surface area contributed by atoms with Gasteiger partial charge in [-0.25, -0.2) is 0 Å². The molecule has 94 valence electrons. The molecular weight excluding hydrogens is 394 g/mol. The Labute approximate surface area is 133 Å². The largest absolute Gasteiger partial charge is 0.353 e. The molecule has 0 N–H and O–H groups in total. The van der Waals surface area contributed by atoms with Gasteiger partial charge in [0.1, 0.15) is 0 Å². The SMILES string of the molecule is S=C1C=C2SCN(c3c(Br)cccc3Br)C2CC1. The van der Waals surface area contributed by atoms with Crippen molar-refractivity contribution in [2.45, 2.75) is 18.9 Å². The summed E-state index contributed by atoms with van der Waals surface area (Å²) in [5.41, 5.74) is 1.26. The van der Waals surface area contributed by atoms with Gasteiger partial charge >= 0.3 is 0 Å². The van der Waals surface area contributed by atoms with Gasteiger partial charge in [-0.2, -0.15) is 0 Å². The highest BCUT2D eigenvalue weighted by Crippen LogP contribution is 2.45. The summed E-state index contributed by atoms with van der Waals surface area (Å²) in [4.78, 5) is 4.99. The number of halogens is 2. The van der Waals surface area contributed by atoms with Crippen LogP contribution in [0.4, 0.5) is 5.69 Å². The van der Waals surface area contributed by atoms with Gasteiger partial charge in [0.25, 0.3) is 0 Å². The molecule has 1 fully saturated rings. The number of para-hydroxylation sites is 1. The Morgan fingerprint density at radius 3 is 2.72 bits per heavy atom. The predicted molar refractivity (Wildman–Crippen MR) is 90.5 cm³/mol. The number of fused-ring (bicyclic) bond motifs is 1. The van der Waals surface area contributed by atoms with E-state index in [9.17, 15) is 0 Å². The number of thioether (sulfide) groups is 1. The maximum absolute atomic E-state index is 5.31. The van der Waals surface area contributed by atoms with E-state index >= 15 is 0 Å². The van der Waals surface area contributed by atoms with E-state index in [1.54, 1.807) is 0 Å². The first-order chi connectivity index (χ1) is 8.66. The Balaban J connectivity index is 2.00. The van der Waals surface area contributed by atoms with Crippen LogP contribution < -0.4 is 4.90 Å². The molecule has 0 aromatic heterocycles. The molecule has 1 unspecified atom stereocenters. The maximum Gasteiger partial charge on any atom is 0.0690 e. The van der Waals surface area contributed by atoms with Crippen molar-refractivity contribution >= 4 is 66.4 Å². The lowest BCUT2D eigenvalue weighted by Crippen LogP contribution is -2.32. The van der Waals surface area contributed by atoms with Gasteiger partial charge in [-0.1, -0.05) is 18.3 Å². The zero-order valence-corrected chi connectivity index (χ0v) is 14.3. The van der Waals surface area contributed by atoms with Crippen LogP contribution in [0.1, 0.15) is 12.8 Å². The number of nitrogens with zero attached hydrogens (tertiary/aromatic N) is 1. The number of hydrogen-bond acceptors (Lipinski definition) is 3. The minimum Gasteiger partial charge on any atom is -0.353 e. The van der Waals surface area contributed by atoms with Crippen molar-refractivity contribution in [3.05, 3.63) is 38.1 Å². The summed E-state index contributed by atoms with van der Waals surface area (Å²) in [5.74, 6) is 1.00. The fourth-order valence-electron chi connectivity index (χ4n) is 2.41. The van der Waals surface area contributed by atoms with Crippen LogP contribution in [0.15, 0.2) is 38.1 Å². The van der Waals surface area contributed by atoms with Crippen LogP contribution in [0.25, 0.3) is 0 Å². The van der Waals surface area contributed by atoms with Gasteiger partial charge in [-0.3, -0.25) is 0 Å². The van der Waals surface area contributed by atoms with E-state index in [0.717, 1.165) is 32.5 Å². The number of hydrogen-bond donors (Lipinski definition) is 0. The second-order valence-corrected chi connectivity index (χ2v) is 7.63. The zero-order chi connectivity index (χ0) is 12.7. The smallest absolute Gasteiger partial charge is 0.0690 e. The van der Waals surface area contributed by atoms with Crippen molar-refractivity contribution in [2.24, 2.45) is 0 Å². The molecular formula is C13H11Br2NS2. The van der Waals surface area contributed by atoms with Crippen molar-refractivity contribution < 1.29 is 0 Å². The van der Waals surface area contributed by atoms with E-state index in [1.807, 2.05) is 17.8 Å². The maximum atomic E-state index is 5.31. The van der Waals surface area contributed by atoms with Gasteiger partial charge in [0.15, 0.2) is 0 Å². The van der Waals surface area contributed by atoms with Gasteiger partial charge < -0.3 is 4.90 Å². The zero-order valence-electron chi connectivity index (χ0n) is 9.53. The standard InChI is InChI=1S/C13H11Br2NS2/c14-9-2-1-3-10(15)13(9)16-7-18-12-6-8(17)4-5-11(12)16/h1-3,6,11H,4-5,7H2. The summed E-state index contributed by atoms with van der Waals surface area (Å²) in [6.07, 6.45) is 4.35. The third kappa shape index (κ3) is 2.30. The van der Waals surface area contributed by atoms with Crippen LogP contribution in [0.2, 0.25) is 0 Å². The van der Waals surface area contributed by atoms with Gasteiger partial charge in [-0.15, -0.1) is 11.8 Å². The molecule has 1 aromatic carbocycles. The summed E-state index contributed by atoms with van der Waals surface area (Å²) < 4.78 is 2.29. The Morgan fingerprint density at radius 1 is 1.28 bits per heavy atom. The van der Waals surface area contributed by atoms with E-state index in [-0.39, 0.29) is 0 Å². The minimum absolute atomic E-state index is 0.497. The summed E-state index contributed by atoms with van der Waals surface area (Å²) in [5, 5.41) is 0. The minimum atomic E-state index is 0.497. The van der Waals surface area contributed by atoms with Crippen LogP contribution in [0.3, 0.4) is 0 Å². The van der Waals surface area contributed by atoms with Crippen molar-refractivity contribution in [3.63, 3.8) is 0 Å². The molecule has 1 saturated heterocycles. The van der Waals surface area contributed by atoms with Crippen molar-refractivity contribution in [2.75, 3.05) is 10.8 Å². The first kappa shape index (κ1) is 13.2. The average molecular weight is 405 g/mol. The van der Waals surface area contributed by atoms with E-state index in [0.29, 0.717) is 6.04 Å². The third-order valence-electron chi connectivity index (χ3n) is 3.27. The molecule has 1 aliphatic heterocycles. The van der Waals surface area contributed by atoms with E-state index in [1.165, 1.54) is 10.6 Å². The van der Waals surface area contributed by atoms with Gasteiger partial charge in [0.2, 0.25) is 0 Å². The second kappa shape index (κ2) is 5.27. The van der Waals surface area contributed by atoms with Gasteiger partial charge in [0.05, 0.1) is 17.6 Å². The van der Waals surface area contributed by atoms with Crippen LogP contribution in [0, 0.1) is 0 Å². The highest BCUT2D eigenvalue weighted by molar-refractivity contribution is 9.11. The first-order valence-electron chi connectivity index (χ1n) is 5.74. The molecule has 1 heterocycles. The molecule has 1 atom stereocenters. The molecule has 0 saturated carbocycles. The van der Waals surface area contributed by atoms with Gasteiger partial charge in [0, 0.05) is 18.7 Å². The summed E-state index contributed by atoms with van der Waals surface area (Å²) in [7, 11) is 0. The number of allylic oxidation sites excluding steroid dienone is 1. The Bertz CT molecular complexity index is 522. The average Bonchev–Trinajstić information content (AvgIpc) is 2.72. The van der Waals surface area contributed by atoms with Crippen LogP contribution in [-0.4, -0.2) is 16.8 Å². The summed E-state index contributed by atoms with van der Waals surface area (Å²) in [6, 6.07) is 6.74. The molecule has 2 aliphatic rings. The van der Waals surface area contributed by atoms with Crippen molar-refractivity contribution in [1.29, 1.82) is 0 Å². The molecule has 0 bridgehead atoms. The highest BCUT2D eigenvalue weighted by atomic mass is 79.9. The molecule has 1 aromatic rings. The molecule has 0 radical (unpaired) electrons. The van der Waals surface area contributed by atoms with Crippen molar-refractivity contribution in [1.82, 2.24) is 0 Å². The predicted octanol–water partition coefficient (Wildman–Crippen LogP) is 5.14. The Hall–Kier alpha value is 0.160. The van der Waals surface area contributed by atoms with E-state index < -0.39 is 0 Å². The Kier molecular flexibility index (Phi) is 3.85. The number of anilines is 1. The molecule has 0 spiro atoms. The lowest BCUT2D eigenvalue weighted by atomic mass is 10.0. The summed E-state index contributed by atoms with van der Waals surface area (Å²) in [6.45, 7) is 0. The third-order valence-corrected chi connectivity index (χ3v) is 6.00. The fourth-order valence-corrected chi connectivity index (χ4v) is 5.45. The normalized spacial score (nSPS) is 23.0. The number of benzene rings is 1. The second-order valence-electron chi connectivity index (χ2n) is 4.38. The Morgan fingerprint density at radius 2 is 2.00 bits per heavy atom. The fraction of sp³-hybridized carbons (Fsp3) is 0.308. The van der Waals surface area contributed by atoms with E-state index in [4.69, 9.17) is 12.2 Å². The molecule has 0 amide bonds. The number of rotatable bonds is 1. The molecule has 1 aliphatic carbocycles. The summed E-state index contributed by atoms with van der Waals surface area (Å²) >= 11 is 14.5. The monoisotopic (exact) mass is 403 g/mol. The van der Waals surface area contributed by atoms with Crippen molar-refractivity contribution in [3.8, 4) is 0 Å². The quantitative estimate of drug-likeness (QED) is 0.596. The van der Waals surface area contributed by atoms with Crippen LogP contribution in [-0.2, 0) is 0 Å². The van der Waals surface area contributed by atoms with E-state index in [2.05, 4.69) is 55.0 Å². The molecule has 3 rings (SSSR count). The highest BCUT2D eigenvalue weighted by Gasteiger charge is 2.34. The van der Waals surface area contributed by atoms with Gasteiger partial charge in [-0.05, 0) is 62.9 Å². The number of thiocarbonyl (C=S) groups is 1. The molecule has 1 nitrogen and oxygen atoms in total. The first-order valence-corrected chi connectivity index (χ1v) is 8.72. The lowest BCUT2D eigenvalue weighted by molar-refractivity contribution is 0.690. The van der Waals surface area contributed by atoms with Crippen LogP contribution >= 0.6 is 55.8 Å². The molecule has 5 heteroatoms.